The Hall–Kier alpha value is -2.01. The van der Waals surface area contributed by atoms with Gasteiger partial charge in [-0.3, -0.25) is 0 Å². The molecule has 5 heteroatoms. The van der Waals surface area contributed by atoms with Crippen LogP contribution in [0.25, 0.3) is 11.4 Å². The Bertz CT molecular complexity index is 632. The third-order valence-corrected chi connectivity index (χ3v) is 4.35. The Morgan fingerprint density at radius 1 is 0.963 bits per heavy atom. The van der Waals surface area contributed by atoms with E-state index in [1.807, 2.05) is 19.1 Å². The van der Waals surface area contributed by atoms with Gasteiger partial charge in [0.2, 0.25) is 0 Å². The standard InChI is InChI=1S/C22H31FN2O2/c1-3-5-14-27-21-15-24-22(25-16-21)19-11-9-18(10-12-19)8-6-7-13-26-17-20(23)4-2/h9-12,15-16,20H,3-8,13-14,17H2,1-2H3. The molecule has 0 aliphatic rings. The molecular weight excluding hydrogens is 343 g/mol. The van der Waals surface area contributed by atoms with Crippen LogP contribution in [-0.2, 0) is 11.2 Å². The maximum atomic E-state index is 13.0. The SMILES string of the molecule is CCCCOc1cnc(-c2ccc(CCCCOCC(F)CC)cc2)nc1. The van der Waals surface area contributed by atoms with Crippen LogP contribution in [0.2, 0.25) is 0 Å². The number of aromatic nitrogens is 2. The van der Waals surface area contributed by atoms with E-state index < -0.39 is 6.17 Å². The Kier molecular flexibility index (Phi) is 9.77. The summed E-state index contributed by atoms with van der Waals surface area (Å²) in [5.74, 6) is 1.42. The highest BCUT2D eigenvalue weighted by Crippen LogP contribution is 2.18. The minimum Gasteiger partial charge on any atom is -0.490 e. The summed E-state index contributed by atoms with van der Waals surface area (Å²) >= 11 is 0. The lowest BCUT2D eigenvalue weighted by atomic mass is 10.1. The van der Waals surface area contributed by atoms with Crippen molar-refractivity contribution in [3.63, 3.8) is 0 Å². The third-order valence-electron chi connectivity index (χ3n) is 4.35. The molecule has 2 aromatic rings. The van der Waals surface area contributed by atoms with Crippen molar-refractivity contribution in [2.45, 2.75) is 58.5 Å². The van der Waals surface area contributed by atoms with Gasteiger partial charge < -0.3 is 9.47 Å². The molecule has 0 saturated carbocycles. The largest absolute Gasteiger partial charge is 0.490 e. The summed E-state index contributed by atoms with van der Waals surface area (Å²) in [6.07, 6.45) is 8.24. The van der Waals surface area contributed by atoms with E-state index in [1.165, 1.54) is 5.56 Å². The maximum absolute atomic E-state index is 13.0. The maximum Gasteiger partial charge on any atom is 0.159 e. The van der Waals surface area contributed by atoms with Crippen LogP contribution in [0.4, 0.5) is 4.39 Å². The first-order valence-electron chi connectivity index (χ1n) is 9.98. The van der Waals surface area contributed by atoms with Crippen LogP contribution in [0.1, 0.15) is 51.5 Å². The summed E-state index contributed by atoms with van der Waals surface area (Å²) in [5.41, 5.74) is 2.27. The highest BCUT2D eigenvalue weighted by atomic mass is 19.1. The van der Waals surface area contributed by atoms with Crippen LogP contribution in [0, 0.1) is 0 Å². The van der Waals surface area contributed by atoms with Gasteiger partial charge in [-0.25, -0.2) is 14.4 Å². The number of alkyl halides is 1. The zero-order valence-corrected chi connectivity index (χ0v) is 16.5. The van der Waals surface area contributed by atoms with Gasteiger partial charge >= 0.3 is 0 Å². The van der Waals surface area contributed by atoms with Gasteiger partial charge in [0.15, 0.2) is 11.6 Å². The molecule has 1 aromatic heterocycles. The normalized spacial score (nSPS) is 12.1. The average molecular weight is 375 g/mol. The summed E-state index contributed by atoms with van der Waals surface area (Å²) in [5, 5.41) is 0. The molecule has 0 aliphatic carbocycles. The number of aryl methyl sites for hydroxylation is 1. The number of hydrogen-bond donors (Lipinski definition) is 0. The Morgan fingerprint density at radius 3 is 2.37 bits per heavy atom. The number of hydrogen-bond acceptors (Lipinski definition) is 4. The average Bonchev–Trinajstić information content (AvgIpc) is 2.71. The van der Waals surface area contributed by atoms with Gasteiger partial charge in [-0.15, -0.1) is 0 Å². The predicted octanol–water partition coefficient (Wildman–Crippen LogP) is 5.41. The summed E-state index contributed by atoms with van der Waals surface area (Å²) < 4.78 is 24.0. The predicted molar refractivity (Wildman–Crippen MR) is 107 cm³/mol. The molecule has 148 valence electrons. The first kappa shape index (κ1) is 21.3. The molecule has 27 heavy (non-hydrogen) atoms. The second-order valence-electron chi connectivity index (χ2n) is 6.68. The van der Waals surface area contributed by atoms with Gasteiger partial charge in [0, 0.05) is 12.2 Å². The topological polar surface area (TPSA) is 44.2 Å². The molecule has 1 aromatic carbocycles. The van der Waals surface area contributed by atoms with E-state index in [2.05, 4.69) is 29.0 Å². The molecule has 0 saturated heterocycles. The van der Waals surface area contributed by atoms with Gasteiger partial charge in [0.25, 0.3) is 0 Å². The molecule has 0 N–H and O–H groups in total. The molecule has 2 rings (SSSR count). The van der Waals surface area contributed by atoms with Gasteiger partial charge in [-0.2, -0.15) is 0 Å². The highest BCUT2D eigenvalue weighted by Gasteiger charge is 2.04. The quantitative estimate of drug-likeness (QED) is 0.440. The number of nitrogens with zero attached hydrogens (tertiary/aromatic N) is 2. The Morgan fingerprint density at radius 2 is 1.70 bits per heavy atom. The van der Waals surface area contributed by atoms with Crippen LogP contribution in [0.5, 0.6) is 5.75 Å². The van der Waals surface area contributed by atoms with Crippen molar-refractivity contribution < 1.29 is 13.9 Å². The van der Waals surface area contributed by atoms with E-state index in [-0.39, 0.29) is 6.61 Å². The van der Waals surface area contributed by atoms with Gasteiger partial charge in [0.1, 0.15) is 6.17 Å². The number of rotatable bonds is 13. The summed E-state index contributed by atoms with van der Waals surface area (Å²) in [4.78, 5) is 8.78. The number of ether oxygens (including phenoxy) is 2. The van der Waals surface area contributed by atoms with Gasteiger partial charge in [-0.05, 0) is 37.7 Å². The Balaban J connectivity index is 1.73. The molecule has 0 bridgehead atoms. The van der Waals surface area contributed by atoms with Crippen molar-refractivity contribution in [3.8, 4) is 17.1 Å². The van der Waals surface area contributed by atoms with Crippen molar-refractivity contribution in [2.24, 2.45) is 0 Å². The molecule has 4 nitrogen and oxygen atoms in total. The molecule has 1 heterocycles. The van der Waals surface area contributed by atoms with Crippen molar-refractivity contribution in [2.75, 3.05) is 19.8 Å². The lowest BCUT2D eigenvalue weighted by molar-refractivity contribution is 0.0768. The number of halogens is 1. The number of unbranched alkanes of at least 4 members (excludes halogenated alkanes) is 2. The van der Waals surface area contributed by atoms with E-state index in [4.69, 9.17) is 9.47 Å². The molecule has 0 amide bonds. The van der Waals surface area contributed by atoms with Crippen LogP contribution in [0.3, 0.4) is 0 Å². The molecule has 0 fully saturated rings. The fourth-order valence-electron chi connectivity index (χ4n) is 2.56. The van der Waals surface area contributed by atoms with E-state index in [0.29, 0.717) is 31.2 Å². The lowest BCUT2D eigenvalue weighted by Gasteiger charge is -2.07. The number of benzene rings is 1. The summed E-state index contributed by atoms with van der Waals surface area (Å²) in [7, 11) is 0. The molecule has 0 aliphatic heterocycles. The first-order valence-corrected chi connectivity index (χ1v) is 9.98. The molecule has 0 radical (unpaired) electrons. The Labute approximate surface area is 162 Å². The smallest absolute Gasteiger partial charge is 0.159 e. The van der Waals surface area contributed by atoms with E-state index in [0.717, 1.165) is 37.7 Å². The van der Waals surface area contributed by atoms with E-state index in [9.17, 15) is 4.39 Å². The fraction of sp³-hybridized carbons (Fsp3) is 0.545. The van der Waals surface area contributed by atoms with Crippen molar-refractivity contribution >= 4 is 0 Å². The highest BCUT2D eigenvalue weighted by molar-refractivity contribution is 5.55. The van der Waals surface area contributed by atoms with E-state index >= 15 is 0 Å². The minimum absolute atomic E-state index is 0.216. The molecule has 0 spiro atoms. The van der Waals surface area contributed by atoms with Crippen LogP contribution in [-0.4, -0.2) is 36.0 Å². The molecule has 1 unspecified atom stereocenters. The monoisotopic (exact) mass is 374 g/mol. The van der Waals surface area contributed by atoms with Gasteiger partial charge in [-0.1, -0.05) is 44.5 Å². The lowest BCUT2D eigenvalue weighted by Crippen LogP contribution is -2.09. The summed E-state index contributed by atoms with van der Waals surface area (Å²) in [6.45, 7) is 5.51. The summed E-state index contributed by atoms with van der Waals surface area (Å²) in [6, 6.07) is 8.32. The van der Waals surface area contributed by atoms with Crippen LogP contribution < -0.4 is 4.74 Å². The van der Waals surface area contributed by atoms with Crippen LogP contribution in [0.15, 0.2) is 36.7 Å². The van der Waals surface area contributed by atoms with Gasteiger partial charge in [0.05, 0.1) is 25.6 Å². The first-order chi connectivity index (χ1) is 13.2. The van der Waals surface area contributed by atoms with Crippen LogP contribution >= 0.6 is 0 Å². The fourth-order valence-corrected chi connectivity index (χ4v) is 2.56. The van der Waals surface area contributed by atoms with E-state index in [1.54, 1.807) is 12.4 Å². The molecule has 1 atom stereocenters. The molecular formula is C22H31FN2O2. The second-order valence-corrected chi connectivity index (χ2v) is 6.68. The van der Waals surface area contributed by atoms with Crippen molar-refractivity contribution in [1.82, 2.24) is 9.97 Å². The zero-order chi connectivity index (χ0) is 19.3. The van der Waals surface area contributed by atoms with Crippen molar-refractivity contribution in [1.29, 1.82) is 0 Å². The minimum atomic E-state index is -0.836. The van der Waals surface area contributed by atoms with Crippen molar-refractivity contribution in [3.05, 3.63) is 42.2 Å². The second kappa shape index (κ2) is 12.4. The zero-order valence-electron chi connectivity index (χ0n) is 16.5. The third kappa shape index (κ3) is 8.04.